The van der Waals surface area contributed by atoms with E-state index in [-0.39, 0.29) is 93.5 Å². The van der Waals surface area contributed by atoms with Gasteiger partial charge in [-0.05, 0) is 262 Å². The quantitative estimate of drug-likeness (QED) is 0.0346. The van der Waals surface area contributed by atoms with Gasteiger partial charge in [0.15, 0.2) is 46.0 Å². The molecule has 0 spiro atoms. The van der Waals surface area contributed by atoms with Gasteiger partial charge in [-0.15, -0.1) is 0 Å². The Kier molecular flexibility index (Phi) is 30.2. The van der Waals surface area contributed by atoms with Crippen LogP contribution in [0.5, 0.6) is 69.0 Å². The minimum absolute atomic E-state index is 0.0535. The molecule has 0 unspecified atom stereocenters. The molecule has 8 aromatic heterocycles. The van der Waals surface area contributed by atoms with Crippen LogP contribution in [0.2, 0.25) is 0 Å². The number of methoxy groups -OCH3 is 4. The molecule has 4 atom stereocenters. The molecule has 4 fully saturated rings. The zero-order valence-electron chi connectivity index (χ0n) is 81.1. The number of nitrogens with zero attached hydrogens (tertiary/aromatic N) is 16. The fourth-order valence-electron chi connectivity index (χ4n) is 18.8. The molecular formula is C112H104F4N16O12. The molecule has 732 valence electrons. The zero-order chi connectivity index (χ0) is 101. The highest BCUT2D eigenvalue weighted by molar-refractivity contribution is 5.95. The highest BCUT2D eigenvalue weighted by Gasteiger charge is 2.38. The van der Waals surface area contributed by atoms with Gasteiger partial charge in [0.05, 0.1) is 110 Å². The van der Waals surface area contributed by atoms with Crippen molar-refractivity contribution >= 4 is 45.7 Å². The van der Waals surface area contributed by atoms with Crippen LogP contribution in [0.4, 0.5) is 17.6 Å². The van der Waals surface area contributed by atoms with Crippen molar-refractivity contribution in [3.05, 3.63) is 314 Å². The highest BCUT2D eigenvalue weighted by Crippen LogP contribution is 2.44. The average molecular weight is 1940 g/mol. The number of fused-ring (bicyclic) bond motifs is 4. The fourth-order valence-corrected chi connectivity index (χ4v) is 18.8. The Labute approximate surface area is 829 Å². The highest BCUT2D eigenvalue weighted by atomic mass is 19.1. The molecule has 12 heterocycles. The molecule has 4 saturated heterocycles. The number of amides is 4. The third-order valence-electron chi connectivity index (χ3n) is 25.6. The number of piperidine rings is 2. The van der Waals surface area contributed by atoms with Crippen LogP contribution in [0.15, 0.2) is 245 Å². The Morgan fingerprint density at radius 1 is 0.340 bits per heavy atom. The number of aromatic nitrogens is 12. The van der Waals surface area contributed by atoms with E-state index >= 15 is 0 Å². The van der Waals surface area contributed by atoms with Gasteiger partial charge in [-0.3, -0.25) is 56.7 Å². The number of ether oxygens (including phenoxy) is 8. The van der Waals surface area contributed by atoms with Gasteiger partial charge in [0.2, 0.25) is 35.1 Å². The molecular weight excluding hydrogens is 1840 g/mol. The van der Waals surface area contributed by atoms with Crippen LogP contribution in [0.25, 0.3) is 67.1 Å². The molecule has 20 rings (SSSR count). The second-order valence-corrected chi connectivity index (χ2v) is 34.7. The van der Waals surface area contributed by atoms with Crippen molar-refractivity contribution in [1.29, 1.82) is 0 Å². The lowest BCUT2D eigenvalue weighted by molar-refractivity contribution is -0.127. The number of rotatable bonds is 22. The van der Waals surface area contributed by atoms with Crippen molar-refractivity contribution in [3.8, 4) is 138 Å². The van der Waals surface area contributed by atoms with Gasteiger partial charge >= 0.3 is 0 Å². The number of benzene rings is 8. The van der Waals surface area contributed by atoms with Crippen molar-refractivity contribution in [2.75, 3.05) is 67.7 Å². The van der Waals surface area contributed by atoms with E-state index < -0.39 is 23.3 Å². The summed E-state index contributed by atoms with van der Waals surface area (Å²) in [6.45, 7) is 22.5. The molecule has 0 N–H and O–H groups in total. The summed E-state index contributed by atoms with van der Waals surface area (Å²) in [5.41, 5.74) is 13.9. The molecule has 0 aliphatic carbocycles. The molecule has 144 heavy (non-hydrogen) atoms. The van der Waals surface area contributed by atoms with Gasteiger partial charge in [0.25, 0.3) is 11.8 Å². The monoisotopic (exact) mass is 1940 g/mol. The normalized spacial score (nSPS) is 15.3. The van der Waals surface area contributed by atoms with E-state index in [0.29, 0.717) is 55.7 Å². The standard InChI is InChI=1S/C29H27FN4O3.C28H27FN4O3.C28H25FN4O3.C27H25FN4O3/c1-4-7-26(35)33-15-6-8-21(18-33)29-32-28(23-17-31-16-19(2)34(23)29)20-11-13-22(14-12-20)37-25-10-5-9-24(36-3)27(25)30;1-4-25(34)32-14-6-7-20(17-32)28-31-27(22-16-30-15-18(2)33(22)28)19-10-12-21(13-11-19)36-24-9-5-8-23(35-3)26(24)29;1-4-7-25(34)32-15-6-8-21(32)28-31-27(22-17-30-16-18(2)33(22)28)19-11-13-20(14-12-19)36-24-10-5-9-23(35-3)26(24)29;1-4-24(33)31-14-6-7-20(31)27-30-26(21-16-29-15-17(2)32(21)27)18-10-12-19(13-11-18)35-23-9-5-8-22(34-3)25(23)28/h5,9-14,16-17,21H,6,8,15,18H2,1-3H3;4-5,8-13,15-16,20H,1,6-7,14,17H2,2-3H3;5,9-14,16-17,21H,6,8,15H2,1-3H3;4-5,8-13,15-16,20H,1,6-7,14H2,2-3H3/t21-;20-;21-;20-/m1100/s1. The van der Waals surface area contributed by atoms with Gasteiger partial charge in [0, 0.05) is 121 Å². The fraction of sp³-hybridized carbons (Fsp3) is 0.250. The van der Waals surface area contributed by atoms with Crippen LogP contribution in [0, 0.1) is 74.6 Å². The zero-order valence-corrected chi connectivity index (χ0v) is 81.1. The maximum atomic E-state index is 14.5. The largest absolute Gasteiger partial charge is 0.494 e. The first kappa shape index (κ1) is 98.4. The smallest absolute Gasteiger partial charge is 0.299 e. The third kappa shape index (κ3) is 20.6. The van der Waals surface area contributed by atoms with E-state index in [1.165, 1.54) is 52.7 Å². The number of carbonyl (C=O) groups is 4. The van der Waals surface area contributed by atoms with E-state index in [1.807, 2.05) is 116 Å². The lowest BCUT2D eigenvalue weighted by Crippen LogP contribution is -2.39. The van der Waals surface area contributed by atoms with Gasteiger partial charge < -0.3 is 57.5 Å². The molecule has 4 aliphatic rings. The average Bonchev–Trinajstić information content (AvgIpc) is 1.61. The van der Waals surface area contributed by atoms with Crippen molar-refractivity contribution in [3.63, 3.8) is 0 Å². The summed E-state index contributed by atoms with van der Waals surface area (Å²) in [5, 5.41) is 0. The van der Waals surface area contributed by atoms with Crippen molar-refractivity contribution in [1.82, 2.24) is 77.1 Å². The van der Waals surface area contributed by atoms with Crippen LogP contribution < -0.4 is 37.9 Å². The van der Waals surface area contributed by atoms with Gasteiger partial charge in [-0.25, -0.2) is 19.9 Å². The van der Waals surface area contributed by atoms with E-state index in [4.69, 9.17) is 57.8 Å². The number of halogens is 4. The topological polar surface area (TPSA) is 276 Å². The number of carbonyl (C=O) groups excluding carboxylic acids is 4. The lowest BCUT2D eigenvalue weighted by Gasteiger charge is -2.31. The van der Waals surface area contributed by atoms with Crippen LogP contribution in [0.1, 0.15) is 135 Å². The number of hydrogen-bond acceptors (Lipinski definition) is 20. The summed E-state index contributed by atoms with van der Waals surface area (Å²) in [6.07, 6.45) is 24.2. The summed E-state index contributed by atoms with van der Waals surface area (Å²) >= 11 is 0. The van der Waals surface area contributed by atoms with Gasteiger partial charge in [0.1, 0.15) is 46.3 Å². The molecule has 0 saturated carbocycles. The molecule has 32 heteroatoms. The summed E-state index contributed by atoms with van der Waals surface area (Å²) in [6, 6.07) is 48.1. The Hall–Kier alpha value is -17.2. The SMILES string of the molecule is C=CC(=O)N1CCC[C@@H](c2nc(-c3ccc(Oc4cccc(OC)c4F)cc3)c3cncc(C)n23)C1.C=CC(=O)N1CCC[C@H]1c1nc(-c2ccc(Oc3cccc(OC)c3F)cc2)c2cncc(C)n12.CC#CC(=O)N1CCC[C@@H](c2nc(-c3ccc(Oc4cccc(OC)c4F)cc3)c3cncc(C)n23)C1.CC#CC(=O)N1CCC[C@H]1c1nc(-c2ccc(Oc3cccc(OC)c3F)cc2)c2cncc(C)n12. The van der Waals surface area contributed by atoms with Crippen molar-refractivity contribution < 1.29 is 74.6 Å². The molecule has 4 amide bonds. The van der Waals surface area contributed by atoms with Crippen LogP contribution in [-0.4, -0.2) is 168 Å². The first-order valence-corrected chi connectivity index (χ1v) is 47.1. The Morgan fingerprint density at radius 2 is 0.618 bits per heavy atom. The van der Waals surface area contributed by atoms with E-state index in [9.17, 15) is 36.7 Å². The molecule has 4 aliphatic heterocycles. The van der Waals surface area contributed by atoms with Crippen LogP contribution in [-0.2, 0) is 19.2 Å². The van der Waals surface area contributed by atoms with Crippen LogP contribution >= 0.6 is 0 Å². The summed E-state index contributed by atoms with van der Waals surface area (Å²) in [5.74, 6) is 14.4. The van der Waals surface area contributed by atoms with Gasteiger partial charge in [-0.1, -0.05) is 49.3 Å². The number of aryl methyl sites for hydroxylation is 4. The summed E-state index contributed by atoms with van der Waals surface area (Å²) in [7, 11) is 5.65. The third-order valence-corrected chi connectivity index (χ3v) is 25.6. The predicted molar refractivity (Wildman–Crippen MR) is 537 cm³/mol. The Morgan fingerprint density at radius 3 is 0.938 bits per heavy atom. The number of likely N-dealkylation sites (tertiary alicyclic amines) is 4. The first-order valence-electron chi connectivity index (χ1n) is 47.1. The van der Waals surface area contributed by atoms with Gasteiger partial charge in [-0.2, -0.15) is 17.6 Å². The Bertz CT molecular complexity index is 7660. The summed E-state index contributed by atoms with van der Waals surface area (Å²) < 4.78 is 109. The molecule has 0 radical (unpaired) electrons. The van der Waals surface area contributed by atoms with E-state index in [1.54, 1.807) is 153 Å². The second-order valence-electron chi connectivity index (χ2n) is 34.7. The molecule has 28 nitrogen and oxygen atoms in total. The lowest BCUT2D eigenvalue weighted by atomic mass is 9.97. The molecule has 8 aromatic carbocycles. The minimum atomic E-state index is -0.557. The second kappa shape index (κ2) is 44.1. The maximum Gasteiger partial charge on any atom is 0.299 e. The first-order chi connectivity index (χ1) is 70.0. The Balaban J connectivity index is 0.000000132. The minimum Gasteiger partial charge on any atom is -0.494 e. The summed E-state index contributed by atoms with van der Waals surface area (Å²) in [4.78, 5) is 94.7. The maximum absolute atomic E-state index is 14.5. The molecule has 16 aromatic rings. The predicted octanol–water partition coefficient (Wildman–Crippen LogP) is 21.7. The number of hydrogen-bond donors (Lipinski definition) is 0. The van der Waals surface area contributed by atoms with E-state index in [0.717, 1.165) is 171 Å². The molecule has 0 bridgehead atoms. The van der Waals surface area contributed by atoms with Crippen molar-refractivity contribution in [2.24, 2.45) is 0 Å². The van der Waals surface area contributed by atoms with E-state index in [2.05, 4.69) is 74.4 Å². The number of imidazole rings is 4. The van der Waals surface area contributed by atoms with Crippen molar-refractivity contribution in [2.45, 2.75) is 117 Å². The van der Waals surface area contributed by atoms with Crippen LogP contribution in [0.3, 0.4) is 0 Å².